The highest BCUT2D eigenvalue weighted by molar-refractivity contribution is 6.35. The maximum absolute atomic E-state index is 12.8. The summed E-state index contributed by atoms with van der Waals surface area (Å²) < 4.78 is 3.16. The van der Waals surface area contributed by atoms with Crippen molar-refractivity contribution in [1.29, 1.82) is 0 Å². The number of rotatable bonds is 3. The van der Waals surface area contributed by atoms with Crippen LogP contribution in [0.3, 0.4) is 0 Å². The summed E-state index contributed by atoms with van der Waals surface area (Å²) in [4.78, 5) is 17.2. The number of aromatic nitrogens is 4. The fraction of sp³-hybridized carbons (Fsp3) is 0.0556. The minimum atomic E-state index is -0.168. The highest BCUT2D eigenvalue weighted by atomic mass is 35.5. The predicted octanol–water partition coefficient (Wildman–Crippen LogP) is 3.94. The van der Waals surface area contributed by atoms with E-state index in [1.54, 1.807) is 22.9 Å². The maximum Gasteiger partial charge on any atom is 0.264 e. The van der Waals surface area contributed by atoms with Gasteiger partial charge in [-0.1, -0.05) is 47.5 Å². The number of hydrogen-bond donors (Lipinski definition) is 0. The molecule has 0 aliphatic heterocycles. The fourth-order valence-electron chi connectivity index (χ4n) is 2.65. The highest BCUT2D eigenvalue weighted by Crippen LogP contribution is 2.21. The molecule has 0 amide bonds. The van der Waals surface area contributed by atoms with E-state index in [1.807, 2.05) is 30.3 Å². The van der Waals surface area contributed by atoms with Gasteiger partial charge in [-0.2, -0.15) is 5.10 Å². The van der Waals surface area contributed by atoms with E-state index >= 15 is 0 Å². The lowest BCUT2D eigenvalue weighted by Crippen LogP contribution is -2.21. The zero-order valence-corrected chi connectivity index (χ0v) is 14.4. The molecule has 4 rings (SSSR count). The predicted molar refractivity (Wildman–Crippen MR) is 98.7 cm³/mol. The van der Waals surface area contributed by atoms with Crippen LogP contribution < -0.4 is 5.56 Å². The van der Waals surface area contributed by atoms with Crippen LogP contribution in [0.2, 0.25) is 10.0 Å². The molecule has 0 fully saturated rings. The van der Waals surface area contributed by atoms with Crippen LogP contribution in [0.4, 0.5) is 0 Å². The van der Waals surface area contributed by atoms with Crippen molar-refractivity contribution in [1.82, 2.24) is 19.3 Å². The summed E-state index contributed by atoms with van der Waals surface area (Å²) in [6.07, 6.45) is 3.05. The smallest absolute Gasteiger partial charge is 0.264 e. The molecule has 7 heteroatoms. The second-order valence-corrected chi connectivity index (χ2v) is 6.39. The van der Waals surface area contributed by atoms with Gasteiger partial charge in [0.25, 0.3) is 5.56 Å². The van der Waals surface area contributed by atoms with E-state index in [0.717, 1.165) is 11.3 Å². The second-order valence-electron chi connectivity index (χ2n) is 5.54. The van der Waals surface area contributed by atoms with Gasteiger partial charge < -0.3 is 0 Å². The number of halogens is 2. The van der Waals surface area contributed by atoms with Crippen LogP contribution in [-0.4, -0.2) is 19.3 Å². The first-order chi connectivity index (χ1) is 12.1. The summed E-state index contributed by atoms with van der Waals surface area (Å²) >= 11 is 12.1. The van der Waals surface area contributed by atoms with Gasteiger partial charge in [0, 0.05) is 10.0 Å². The number of nitrogens with zero attached hydrogens (tertiary/aromatic N) is 4. The molecule has 2 heterocycles. The molecule has 25 heavy (non-hydrogen) atoms. The Labute approximate surface area is 153 Å². The lowest BCUT2D eigenvalue weighted by Gasteiger charge is -2.08. The van der Waals surface area contributed by atoms with Gasteiger partial charge >= 0.3 is 0 Å². The fourth-order valence-corrected chi connectivity index (χ4v) is 3.12. The lowest BCUT2D eigenvalue weighted by molar-refractivity contribution is 0.745. The van der Waals surface area contributed by atoms with Crippen molar-refractivity contribution in [2.75, 3.05) is 0 Å². The van der Waals surface area contributed by atoms with Crippen molar-refractivity contribution in [2.24, 2.45) is 0 Å². The SMILES string of the molecule is O=c1c2cnn(-c3ccccc3)c2ncn1Cc1ccc(Cl)cc1Cl. The van der Waals surface area contributed by atoms with Gasteiger partial charge in [-0.3, -0.25) is 9.36 Å². The van der Waals surface area contributed by atoms with E-state index in [0.29, 0.717) is 27.6 Å². The largest absolute Gasteiger partial charge is 0.294 e. The third-order valence-corrected chi connectivity index (χ3v) is 4.50. The topological polar surface area (TPSA) is 52.7 Å². The van der Waals surface area contributed by atoms with E-state index in [9.17, 15) is 4.79 Å². The Hall–Kier alpha value is -2.63. The Morgan fingerprint density at radius 2 is 1.84 bits per heavy atom. The van der Waals surface area contributed by atoms with Gasteiger partial charge in [-0.05, 0) is 29.8 Å². The molecule has 0 radical (unpaired) electrons. The third kappa shape index (κ3) is 2.92. The average Bonchev–Trinajstić information content (AvgIpc) is 3.05. The molecular weight excluding hydrogens is 359 g/mol. The Kier molecular flexibility index (Phi) is 4.03. The maximum atomic E-state index is 12.8. The highest BCUT2D eigenvalue weighted by Gasteiger charge is 2.12. The first kappa shape index (κ1) is 15.9. The van der Waals surface area contributed by atoms with Crippen molar-refractivity contribution >= 4 is 34.2 Å². The van der Waals surface area contributed by atoms with E-state index < -0.39 is 0 Å². The summed E-state index contributed by atoms with van der Waals surface area (Å²) in [7, 11) is 0. The number of benzene rings is 2. The van der Waals surface area contributed by atoms with Crippen molar-refractivity contribution in [3.63, 3.8) is 0 Å². The van der Waals surface area contributed by atoms with Crippen molar-refractivity contribution in [3.8, 4) is 5.69 Å². The van der Waals surface area contributed by atoms with E-state index in [1.165, 1.54) is 17.1 Å². The van der Waals surface area contributed by atoms with Crippen molar-refractivity contribution < 1.29 is 0 Å². The molecule has 4 aromatic rings. The summed E-state index contributed by atoms with van der Waals surface area (Å²) in [6.45, 7) is 0.314. The van der Waals surface area contributed by atoms with Crippen LogP contribution in [0.1, 0.15) is 5.56 Å². The van der Waals surface area contributed by atoms with Gasteiger partial charge in [-0.25, -0.2) is 9.67 Å². The zero-order chi connectivity index (χ0) is 17.4. The normalized spacial score (nSPS) is 11.1. The lowest BCUT2D eigenvalue weighted by atomic mass is 10.2. The van der Waals surface area contributed by atoms with Gasteiger partial charge in [-0.15, -0.1) is 0 Å². The van der Waals surface area contributed by atoms with Gasteiger partial charge in [0.2, 0.25) is 0 Å². The first-order valence-corrected chi connectivity index (χ1v) is 8.31. The number of hydrogen-bond acceptors (Lipinski definition) is 3. The molecular formula is C18H12Cl2N4O. The van der Waals surface area contributed by atoms with E-state index in [2.05, 4.69) is 10.1 Å². The minimum absolute atomic E-state index is 0.168. The van der Waals surface area contributed by atoms with Crippen LogP contribution >= 0.6 is 23.2 Å². The summed E-state index contributed by atoms with van der Waals surface area (Å²) in [5, 5.41) is 5.82. The molecule has 0 unspecified atom stereocenters. The molecule has 0 N–H and O–H groups in total. The summed E-state index contributed by atoms with van der Waals surface area (Å²) in [5.41, 5.74) is 2.00. The Morgan fingerprint density at radius 3 is 2.60 bits per heavy atom. The van der Waals surface area contributed by atoms with Crippen LogP contribution in [0.25, 0.3) is 16.7 Å². The molecule has 0 saturated heterocycles. The molecule has 0 spiro atoms. The number of para-hydroxylation sites is 1. The summed E-state index contributed by atoms with van der Waals surface area (Å²) in [6, 6.07) is 14.8. The minimum Gasteiger partial charge on any atom is -0.294 e. The van der Waals surface area contributed by atoms with Crippen LogP contribution in [-0.2, 0) is 6.54 Å². The zero-order valence-electron chi connectivity index (χ0n) is 12.9. The Bertz CT molecular complexity index is 1120. The molecule has 0 bridgehead atoms. The van der Waals surface area contributed by atoms with E-state index in [-0.39, 0.29) is 5.56 Å². The number of fused-ring (bicyclic) bond motifs is 1. The third-order valence-electron chi connectivity index (χ3n) is 3.91. The molecule has 124 valence electrons. The van der Waals surface area contributed by atoms with Gasteiger partial charge in [0.15, 0.2) is 5.65 Å². The molecule has 0 aliphatic carbocycles. The van der Waals surface area contributed by atoms with Crippen molar-refractivity contribution in [2.45, 2.75) is 6.54 Å². The quantitative estimate of drug-likeness (QED) is 0.548. The van der Waals surface area contributed by atoms with Gasteiger partial charge in [0.05, 0.1) is 18.4 Å². The van der Waals surface area contributed by atoms with Crippen molar-refractivity contribution in [3.05, 3.63) is 87.0 Å². The van der Waals surface area contributed by atoms with Crippen LogP contribution in [0, 0.1) is 0 Å². The average molecular weight is 371 g/mol. The van der Waals surface area contributed by atoms with Crippen LogP contribution in [0.15, 0.2) is 65.8 Å². The molecule has 0 aliphatic rings. The molecule has 0 atom stereocenters. The summed E-state index contributed by atoms with van der Waals surface area (Å²) in [5.74, 6) is 0. The molecule has 5 nitrogen and oxygen atoms in total. The Morgan fingerprint density at radius 1 is 1.04 bits per heavy atom. The van der Waals surface area contributed by atoms with E-state index in [4.69, 9.17) is 23.2 Å². The monoisotopic (exact) mass is 370 g/mol. The standard InChI is InChI=1S/C18H12Cl2N4O/c19-13-7-6-12(16(20)8-13)10-23-11-21-17-15(18(23)25)9-22-24(17)14-4-2-1-3-5-14/h1-9,11H,10H2. The Balaban J connectivity index is 1.78. The second kappa shape index (κ2) is 6.35. The van der Waals surface area contributed by atoms with Crippen LogP contribution in [0.5, 0.6) is 0 Å². The molecule has 2 aromatic heterocycles. The first-order valence-electron chi connectivity index (χ1n) is 7.56. The molecule has 2 aromatic carbocycles. The molecule has 0 saturated carbocycles. The van der Waals surface area contributed by atoms with Gasteiger partial charge in [0.1, 0.15) is 11.7 Å².